The standard InChI is InChI=1S/C23H19ClFN3O3S/c1-12-17(22(30)31-2)18(13-7-9-15(24)10-8-13)19-20(26-12)27-23(28-21(19)29)32-11-14-5-3-4-6-16(14)25/h3-10,18H,11H2,1-2H3,(H2,26,27,28,29)/t18-/m1/s1. The van der Waals surface area contributed by atoms with Crippen LogP contribution in [-0.2, 0) is 15.3 Å². The number of carbonyl (C=O) groups is 1. The van der Waals surface area contributed by atoms with Crippen LogP contribution in [0.2, 0.25) is 5.02 Å². The third kappa shape index (κ3) is 4.28. The summed E-state index contributed by atoms with van der Waals surface area (Å²) in [6, 6.07) is 13.4. The highest BCUT2D eigenvalue weighted by atomic mass is 35.5. The molecule has 0 spiro atoms. The molecule has 0 saturated carbocycles. The maximum absolute atomic E-state index is 13.9. The van der Waals surface area contributed by atoms with Gasteiger partial charge in [0.25, 0.3) is 5.56 Å². The molecule has 1 atom stereocenters. The molecule has 1 aromatic heterocycles. The maximum atomic E-state index is 13.9. The molecule has 2 heterocycles. The quantitative estimate of drug-likeness (QED) is 0.314. The Bertz CT molecular complexity index is 1270. The normalized spacial score (nSPS) is 15.2. The first-order chi connectivity index (χ1) is 15.4. The zero-order valence-electron chi connectivity index (χ0n) is 17.2. The zero-order valence-corrected chi connectivity index (χ0v) is 18.8. The fraction of sp³-hybridized carbons (Fsp3) is 0.174. The van der Waals surface area contributed by atoms with Crippen LogP contribution in [0.4, 0.5) is 10.2 Å². The number of H-pyrrole nitrogens is 1. The Kier molecular flexibility index (Phi) is 6.34. The van der Waals surface area contributed by atoms with Gasteiger partial charge in [-0.2, -0.15) is 0 Å². The van der Waals surface area contributed by atoms with Gasteiger partial charge in [-0.25, -0.2) is 14.2 Å². The lowest BCUT2D eigenvalue weighted by Crippen LogP contribution is -2.30. The first-order valence-corrected chi connectivity index (χ1v) is 11.1. The van der Waals surface area contributed by atoms with E-state index in [0.717, 1.165) is 0 Å². The summed E-state index contributed by atoms with van der Waals surface area (Å²) in [6.07, 6.45) is 0. The number of fused-ring (bicyclic) bond motifs is 1. The van der Waals surface area contributed by atoms with Crippen LogP contribution >= 0.6 is 23.4 Å². The number of aromatic amines is 1. The number of ether oxygens (including phenoxy) is 1. The second-order valence-electron chi connectivity index (χ2n) is 7.15. The topological polar surface area (TPSA) is 84.1 Å². The van der Waals surface area contributed by atoms with Crippen LogP contribution in [0.15, 0.2) is 69.8 Å². The van der Waals surface area contributed by atoms with Gasteiger partial charge in [-0.1, -0.05) is 53.7 Å². The Labute approximate surface area is 192 Å². The third-order valence-electron chi connectivity index (χ3n) is 5.15. The highest BCUT2D eigenvalue weighted by molar-refractivity contribution is 7.98. The number of thioether (sulfide) groups is 1. The van der Waals surface area contributed by atoms with E-state index in [0.29, 0.717) is 49.7 Å². The van der Waals surface area contributed by atoms with Crippen molar-refractivity contribution in [2.45, 2.75) is 23.8 Å². The minimum absolute atomic E-state index is 0.300. The summed E-state index contributed by atoms with van der Waals surface area (Å²) in [4.78, 5) is 33.0. The highest BCUT2D eigenvalue weighted by Gasteiger charge is 2.36. The second-order valence-corrected chi connectivity index (χ2v) is 8.55. The molecular formula is C23H19ClFN3O3S. The molecule has 0 amide bonds. The number of benzene rings is 2. The molecule has 6 nitrogen and oxygen atoms in total. The van der Waals surface area contributed by atoms with Gasteiger partial charge in [0.2, 0.25) is 0 Å². The zero-order chi connectivity index (χ0) is 22.8. The van der Waals surface area contributed by atoms with Gasteiger partial charge in [-0.15, -0.1) is 0 Å². The van der Waals surface area contributed by atoms with Crippen LogP contribution in [0.5, 0.6) is 0 Å². The lowest BCUT2D eigenvalue weighted by Gasteiger charge is -2.28. The van der Waals surface area contributed by atoms with Gasteiger partial charge in [0.15, 0.2) is 5.16 Å². The van der Waals surface area contributed by atoms with Crippen LogP contribution in [0.3, 0.4) is 0 Å². The largest absolute Gasteiger partial charge is 0.466 e. The average Bonchev–Trinajstić information content (AvgIpc) is 2.77. The number of methoxy groups -OCH3 is 1. The van der Waals surface area contributed by atoms with E-state index in [4.69, 9.17) is 16.3 Å². The molecule has 0 unspecified atom stereocenters. The number of halogens is 2. The molecular weight excluding hydrogens is 453 g/mol. The van der Waals surface area contributed by atoms with Crippen LogP contribution in [-0.4, -0.2) is 23.0 Å². The van der Waals surface area contributed by atoms with Crippen molar-refractivity contribution in [2.24, 2.45) is 0 Å². The predicted octanol–water partition coefficient (Wildman–Crippen LogP) is 4.86. The molecule has 9 heteroatoms. The summed E-state index contributed by atoms with van der Waals surface area (Å²) >= 11 is 7.24. The molecule has 3 aromatic rings. The van der Waals surface area contributed by atoms with Gasteiger partial charge in [0.1, 0.15) is 11.6 Å². The lowest BCUT2D eigenvalue weighted by atomic mass is 9.82. The van der Waals surface area contributed by atoms with Gasteiger partial charge in [0, 0.05) is 16.5 Å². The van der Waals surface area contributed by atoms with Crippen LogP contribution in [0.1, 0.15) is 29.5 Å². The summed E-state index contributed by atoms with van der Waals surface area (Å²) in [5.41, 5.74) is 1.97. The van der Waals surface area contributed by atoms with Crippen molar-refractivity contribution >= 4 is 35.1 Å². The summed E-state index contributed by atoms with van der Waals surface area (Å²) in [7, 11) is 1.29. The van der Waals surface area contributed by atoms with E-state index in [1.54, 1.807) is 49.4 Å². The smallest absolute Gasteiger partial charge is 0.336 e. The number of hydrogen-bond donors (Lipinski definition) is 2. The summed E-state index contributed by atoms with van der Waals surface area (Å²) in [6.45, 7) is 1.73. The molecule has 0 bridgehead atoms. The molecule has 1 aliphatic rings. The van der Waals surface area contributed by atoms with Crippen molar-refractivity contribution in [1.29, 1.82) is 0 Å². The molecule has 1 aliphatic heterocycles. The Morgan fingerprint density at radius 1 is 1.22 bits per heavy atom. The maximum Gasteiger partial charge on any atom is 0.336 e. The van der Waals surface area contributed by atoms with E-state index >= 15 is 0 Å². The molecule has 2 N–H and O–H groups in total. The Balaban J connectivity index is 1.76. The van der Waals surface area contributed by atoms with Gasteiger partial charge in [-0.05, 0) is 36.2 Å². The number of anilines is 1. The molecule has 32 heavy (non-hydrogen) atoms. The minimum Gasteiger partial charge on any atom is -0.466 e. The number of aromatic nitrogens is 2. The average molecular weight is 472 g/mol. The van der Waals surface area contributed by atoms with Gasteiger partial charge in [-0.3, -0.25) is 4.79 Å². The highest BCUT2D eigenvalue weighted by Crippen LogP contribution is 2.40. The minimum atomic E-state index is -0.683. The van der Waals surface area contributed by atoms with Gasteiger partial charge < -0.3 is 15.0 Å². The first kappa shape index (κ1) is 22.1. The summed E-state index contributed by atoms with van der Waals surface area (Å²) < 4.78 is 18.9. The van der Waals surface area contributed by atoms with Crippen molar-refractivity contribution in [2.75, 3.05) is 12.4 Å². The van der Waals surface area contributed by atoms with Crippen LogP contribution in [0.25, 0.3) is 0 Å². The molecule has 4 rings (SSSR count). The molecule has 0 radical (unpaired) electrons. The first-order valence-electron chi connectivity index (χ1n) is 9.71. The fourth-order valence-corrected chi connectivity index (χ4v) is 4.60. The number of nitrogens with zero attached hydrogens (tertiary/aromatic N) is 1. The lowest BCUT2D eigenvalue weighted by molar-refractivity contribution is -0.136. The van der Waals surface area contributed by atoms with Crippen molar-refractivity contribution < 1.29 is 13.9 Å². The number of hydrogen-bond acceptors (Lipinski definition) is 6. The van der Waals surface area contributed by atoms with Crippen LogP contribution in [0, 0.1) is 5.82 Å². The van der Waals surface area contributed by atoms with E-state index < -0.39 is 17.4 Å². The van der Waals surface area contributed by atoms with Crippen molar-refractivity contribution in [3.05, 3.63) is 97.7 Å². The number of carbonyl (C=O) groups excluding carboxylic acids is 1. The summed E-state index contributed by atoms with van der Waals surface area (Å²) in [5, 5.41) is 3.94. The second kappa shape index (κ2) is 9.18. The molecule has 0 aliphatic carbocycles. The monoisotopic (exact) mass is 471 g/mol. The van der Waals surface area contributed by atoms with E-state index in [1.807, 2.05) is 0 Å². The van der Waals surface area contributed by atoms with E-state index in [2.05, 4.69) is 15.3 Å². The molecule has 0 fully saturated rings. The van der Waals surface area contributed by atoms with Crippen molar-refractivity contribution in [1.82, 2.24) is 9.97 Å². The van der Waals surface area contributed by atoms with Gasteiger partial charge >= 0.3 is 5.97 Å². The van der Waals surface area contributed by atoms with Crippen molar-refractivity contribution in [3.63, 3.8) is 0 Å². The fourth-order valence-electron chi connectivity index (χ4n) is 3.63. The van der Waals surface area contributed by atoms with Crippen LogP contribution < -0.4 is 10.9 Å². The van der Waals surface area contributed by atoms with E-state index in [9.17, 15) is 14.0 Å². The SMILES string of the molecule is COC(=O)C1=C(C)Nc2nc(SCc3ccccc3F)[nH]c(=O)c2[C@@H]1c1ccc(Cl)cc1. The van der Waals surface area contributed by atoms with E-state index in [-0.39, 0.29) is 5.82 Å². The van der Waals surface area contributed by atoms with Crippen molar-refractivity contribution in [3.8, 4) is 0 Å². The number of nitrogens with one attached hydrogen (secondary N) is 2. The van der Waals surface area contributed by atoms with E-state index in [1.165, 1.54) is 24.9 Å². The molecule has 164 valence electrons. The molecule has 0 saturated heterocycles. The predicted molar refractivity (Wildman–Crippen MR) is 122 cm³/mol. The summed E-state index contributed by atoms with van der Waals surface area (Å²) in [5.74, 6) is -0.898. The van der Waals surface area contributed by atoms with Gasteiger partial charge in [0.05, 0.1) is 24.2 Å². The Morgan fingerprint density at radius 2 is 1.94 bits per heavy atom. The number of allylic oxidation sites excluding steroid dienone is 1. The number of rotatable bonds is 5. The number of esters is 1. The molecule has 2 aromatic carbocycles. The third-order valence-corrected chi connectivity index (χ3v) is 6.33. The Hall–Kier alpha value is -3.10. The Morgan fingerprint density at radius 3 is 2.62 bits per heavy atom.